The molecular weight excluding hydrogens is 406 g/mol. The second-order valence-corrected chi connectivity index (χ2v) is 8.19. The Bertz CT molecular complexity index is 782. The zero-order valence-corrected chi connectivity index (χ0v) is 18.3. The number of rotatable bonds is 12. The van der Waals surface area contributed by atoms with Crippen LogP contribution in [0.2, 0.25) is 0 Å². The van der Waals surface area contributed by atoms with E-state index in [1.54, 1.807) is 11.8 Å². The van der Waals surface area contributed by atoms with Crippen molar-refractivity contribution in [3.05, 3.63) is 65.2 Å². The van der Waals surface area contributed by atoms with Gasteiger partial charge >= 0.3 is 0 Å². The molecule has 0 aliphatic heterocycles. The van der Waals surface area contributed by atoms with Gasteiger partial charge in [0.25, 0.3) is 0 Å². The first-order valence-corrected chi connectivity index (χ1v) is 11.4. The Hall–Kier alpha value is -1.96. The zero-order valence-electron chi connectivity index (χ0n) is 17.5. The maximum atomic E-state index is 13.6. The molecule has 2 aromatic carbocycles. The van der Waals surface area contributed by atoms with Crippen LogP contribution in [0, 0.1) is 11.6 Å². The number of unbranched alkanes of at least 4 members (excludes halogenated alkanes) is 1. The molecular formula is C23H30F2N2O2S. The van der Waals surface area contributed by atoms with Crippen molar-refractivity contribution in [2.24, 2.45) is 0 Å². The molecule has 0 bridgehead atoms. The van der Waals surface area contributed by atoms with Gasteiger partial charge in [-0.1, -0.05) is 25.5 Å². The number of hydrogen-bond acceptors (Lipinski definition) is 4. The number of thioether (sulfide) groups is 1. The maximum absolute atomic E-state index is 13.6. The molecule has 0 aliphatic carbocycles. The zero-order chi connectivity index (χ0) is 21.9. The van der Waals surface area contributed by atoms with E-state index in [0.717, 1.165) is 35.9 Å². The first kappa shape index (κ1) is 24.3. The molecule has 0 saturated carbocycles. The van der Waals surface area contributed by atoms with E-state index in [9.17, 15) is 18.7 Å². The molecule has 7 heteroatoms. The normalized spacial score (nSPS) is 13.1. The van der Waals surface area contributed by atoms with Crippen LogP contribution in [-0.4, -0.2) is 42.5 Å². The Kier molecular flexibility index (Phi) is 10.3. The van der Waals surface area contributed by atoms with E-state index in [4.69, 9.17) is 0 Å². The van der Waals surface area contributed by atoms with Crippen molar-refractivity contribution >= 4 is 17.7 Å². The average Bonchev–Trinajstić information content (AvgIpc) is 2.70. The lowest BCUT2D eigenvalue weighted by Gasteiger charge is -2.25. The summed E-state index contributed by atoms with van der Waals surface area (Å²) < 4.78 is 27.1. The summed E-state index contributed by atoms with van der Waals surface area (Å²) in [4.78, 5) is 13.7. The molecule has 0 fully saturated rings. The van der Waals surface area contributed by atoms with E-state index < -0.39 is 23.8 Å². The van der Waals surface area contributed by atoms with Gasteiger partial charge in [0.1, 0.15) is 11.6 Å². The molecule has 0 aliphatic rings. The van der Waals surface area contributed by atoms with Crippen molar-refractivity contribution < 1.29 is 18.7 Å². The van der Waals surface area contributed by atoms with E-state index in [1.807, 2.05) is 30.5 Å². The molecule has 0 saturated heterocycles. The fourth-order valence-electron chi connectivity index (χ4n) is 3.15. The van der Waals surface area contributed by atoms with Crippen LogP contribution in [-0.2, 0) is 17.6 Å². The minimum absolute atomic E-state index is 0.127. The molecule has 1 amide bonds. The Labute approximate surface area is 181 Å². The third kappa shape index (κ3) is 8.42. The van der Waals surface area contributed by atoms with Gasteiger partial charge < -0.3 is 15.7 Å². The highest BCUT2D eigenvalue weighted by Crippen LogP contribution is 2.16. The summed E-state index contributed by atoms with van der Waals surface area (Å²) in [6.45, 7) is 3.11. The van der Waals surface area contributed by atoms with Crippen LogP contribution in [0.5, 0.6) is 0 Å². The van der Waals surface area contributed by atoms with E-state index in [-0.39, 0.29) is 25.3 Å². The van der Waals surface area contributed by atoms with Gasteiger partial charge in [0.2, 0.25) is 5.91 Å². The van der Waals surface area contributed by atoms with Crippen LogP contribution in [0.4, 0.5) is 8.78 Å². The van der Waals surface area contributed by atoms with Gasteiger partial charge in [-0.2, -0.15) is 0 Å². The predicted octanol–water partition coefficient (Wildman–Crippen LogP) is 3.71. The number of hydrogen-bond donors (Lipinski definition) is 3. The molecule has 2 rings (SSSR count). The fourth-order valence-corrected chi connectivity index (χ4v) is 3.55. The third-order valence-electron chi connectivity index (χ3n) is 4.77. The van der Waals surface area contributed by atoms with Crippen LogP contribution >= 0.6 is 11.8 Å². The van der Waals surface area contributed by atoms with Gasteiger partial charge in [-0.3, -0.25) is 4.79 Å². The highest BCUT2D eigenvalue weighted by atomic mass is 32.2. The molecule has 0 spiro atoms. The first-order chi connectivity index (χ1) is 14.4. The average molecular weight is 437 g/mol. The summed E-state index contributed by atoms with van der Waals surface area (Å²) in [6.07, 6.45) is 3.39. The molecule has 0 heterocycles. The largest absolute Gasteiger partial charge is 0.390 e. The third-order valence-corrected chi connectivity index (χ3v) is 5.52. The Morgan fingerprint density at radius 3 is 2.37 bits per heavy atom. The fraction of sp³-hybridized carbons (Fsp3) is 0.435. The number of carbonyl (C=O) groups excluding carboxylic acids is 1. The minimum atomic E-state index is -0.893. The Balaban J connectivity index is 2.05. The van der Waals surface area contributed by atoms with Crippen molar-refractivity contribution in [2.45, 2.75) is 49.6 Å². The second-order valence-electron chi connectivity index (χ2n) is 7.31. The Morgan fingerprint density at radius 1 is 1.10 bits per heavy atom. The summed E-state index contributed by atoms with van der Waals surface area (Å²) in [5, 5.41) is 16.6. The van der Waals surface area contributed by atoms with Crippen molar-refractivity contribution in [1.29, 1.82) is 0 Å². The quantitative estimate of drug-likeness (QED) is 0.351. The minimum Gasteiger partial charge on any atom is -0.390 e. The smallest absolute Gasteiger partial charge is 0.224 e. The van der Waals surface area contributed by atoms with E-state index in [0.29, 0.717) is 5.56 Å². The lowest BCUT2D eigenvalue weighted by Crippen LogP contribution is -2.49. The van der Waals surface area contributed by atoms with Crippen LogP contribution in [0.25, 0.3) is 0 Å². The second kappa shape index (κ2) is 12.7. The molecule has 2 unspecified atom stereocenters. The molecule has 4 nitrogen and oxygen atoms in total. The highest BCUT2D eigenvalue weighted by molar-refractivity contribution is 7.98. The predicted molar refractivity (Wildman–Crippen MR) is 118 cm³/mol. The SMILES string of the molecule is CCCCNCC(O)C(Cc1cc(F)cc(F)c1)NC(=O)Cc1ccc(SC)cc1. The van der Waals surface area contributed by atoms with Crippen molar-refractivity contribution in [3.8, 4) is 0 Å². The van der Waals surface area contributed by atoms with Gasteiger partial charge in [0.15, 0.2) is 0 Å². The van der Waals surface area contributed by atoms with Gasteiger partial charge in [0.05, 0.1) is 18.6 Å². The summed E-state index contributed by atoms with van der Waals surface area (Å²) in [5.74, 6) is -1.61. The molecule has 2 aromatic rings. The van der Waals surface area contributed by atoms with Gasteiger partial charge in [0, 0.05) is 17.5 Å². The standard InChI is InChI=1S/C23H30F2N2O2S/c1-3-4-9-26-15-22(28)21(12-17-10-18(24)14-19(25)11-17)27-23(29)13-16-5-7-20(30-2)8-6-16/h5-8,10-11,14,21-22,26,28H,3-4,9,12-13,15H2,1-2H3,(H,27,29). The van der Waals surface area contributed by atoms with Crippen molar-refractivity contribution in [2.75, 3.05) is 19.3 Å². The topological polar surface area (TPSA) is 61.4 Å². The monoisotopic (exact) mass is 436 g/mol. The summed E-state index contributed by atoms with van der Waals surface area (Å²) in [7, 11) is 0. The van der Waals surface area contributed by atoms with Gasteiger partial charge in [-0.05, 0) is 61.0 Å². The number of aliphatic hydroxyl groups excluding tert-OH is 1. The highest BCUT2D eigenvalue weighted by Gasteiger charge is 2.22. The first-order valence-electron chi connectivity index (χ1n) is 10.2. The number of nitrogens with one attached hydrogen (secondary N) is 2. The van der Waals surface area contributed by atoms with Gasteiger partial charge in [-0.25, -0.2) is 8.78 Å². The van der Waals surface area contributed by atoms with Crippen molar-refractivity contribution in [1.82, 2.24) is 10.6 Å². The molecule has 164 valence electrons. The number of halogens is 2. The Morgan fingerprint density at radius 2 is 1.77 bits per heavy atom. The molecule has 3 N–H and O–H groups in total. The van der Waals surface area contributed by atoms with E-state index >= 15 is 0 Å². The molecule has 2 atom stereocenters. The van der Waals surface area contributed by atoms with Gasteiger partial charge in [-0.15, -0.1) is 11.8 Å². The van der Waals surface area contributed by atoms with Crippen LogP contribution in [0.3, 0.4) is 0 Å². The maximum Gasteiger partial charge on any atom is 0.224 e. The summed E-state index contributed by atoms with van der Waals surface area (Å²) >= 11 is 1.62. The van der Waals surface area contributed by atoms with Crippen molar-refractivity contribution in [3.63, 3.8) is 0 Å². The lowest BCUT2D eigenvalue weighted by molar-refractivity contribution is -0.122. The van der Waals surface area contributed by atoms with E-state index in [2.05, 4.69) is 17.6 Å². The summed E-state index contributed by atoms with van der Waals surface area (Å²) in [6, 6.07) is 10.3. The number of benzene rings is 2. The van der Waals surface area contributed by atoms with Crippen LogP contribution in [0.15, 0.2) is 47.4 Å². The number of aliphatic hydroxyl groups is 1. The number of carbonyl (C=O) groups is 1. The number of amides is 1. The lowest BCUT2D eigenvalue weighted by atomic mass is 10.00. The van der Waals surface area contributed by atoms with E-state index in [1.165, 1.54) is 12.1 Å². The summed E-state index contributed by atoms with van der Waals surface area (Å²) in [5.41, 5.74) is 1.24. The molecule has 0 radical (unpaired) electrons. The van der Waals surface area contributed by atoms with Crippen LogP contribution < -0.4 is 10.6 Å². The van der Waals surface area contributed by atoms with Crippen LogP contribution in [0.1, 0.15) is 30.9 Å². The molecule has 0 aromatic heterocycles. The molecule has 30 heavy (non-hydrogen) atoms.